The first-order valence-electron chi connectivity index (χ1n) is 12.8. The molecular formula is C28H30ClF3N6O2. The van der Waals surface area contributed by atoms with E-state index in [1.54, 1.807) is 30.3 Å². The maximum absolute atomic E-state index is 12.9. The van der Waals surface area contributed by atoms with Crippen LogP contribution in [0.15, 0.2) is 71.8 Å². The molecule has 1 aliphatic heterocycles. The van der Waals surface area contributed by atoms with E-state index >= 15 is 0 Å². The summed E-state index contributed by atoms with van der Waals surface area (Å²) in [4.78, 5) is 12.4. The molecule has 0 saturated heterocycles. The van der Waals surface area contributed by atoms with Gasteiger partial charge < -0.3 is 15.4 Å². The van der Waals surface area contributed by atoms with E-state index in [0.717, 1.165) is 37.1 Å². The van der Waals surface area contributed by atoms with Gasteiger partial charge in [-0.15, -0.1) is 10.6 Å². The average Bonchev–Trinajstić information content (AvgIpc) is 3.47. The quantitative estimate of drug-likeness (QED) is 0.189. The molecule has 0 aromatic heterocycles. The number of amides is 1. The molecule has 40 heavy (non-hydrogen) atoms. The number of hydrazine groups is 2. The number of anilines is 1. The smallest absolute Gasteiger partial charge is 0.416 e. The number of amidine groups is 1. The fourth-order valence-corrected chi connectivity index (χ4v) is 4.31. The van der Waals surface area contributed by atoms with Crippen molar-refractivity contribution in [2.24, 2.45) is 5.10 Å². The van der Waals surface area contributed by atoms with Gasteiger partial charge in [0, 0.05) is 16.8 Å². The highest BCUT2D eigenvalue weighted by Gasteiger charge is 2.30. The van der Waals surface area contributed by atoms with Crippen LogP contribution in [-0.4, -0.2) is 30.9 Å². The lowest BCUT2D eigenvalue weighted by Gasteiger charge is -2.21. The van der Waals surface area contributed by atoms with Gasteiger partial charge in [0.1, 0.15) is 12.4 Å². The number of carbonyl (C=O) groups is 1. The third-order valence-electron chi connectivity index (χ3n) is 6.21. The van der Waals surface area contributed by atoms with Crippen molar-refractivity contribution in [2.45, 2.75) is 38.4 Å². The topological polar surface area (TPSA) is 98.8 Å². The summed E-state index contributed by atoms with van der Waals surface area (Å²) >= 11 is 6.46. The van der Waals surface area contributed by atoms with E-state index in [-0.39, 0.29) is 18.5 Å². The van der Waals surface area contributed by atoms with E-state index in [9.17, 15) is 18.0 Å². The van der Waals surface area contributed by atoms with Gasteiger partial charge in [0.25, 0.3) is 5.91 Å². The monoisotopic (exact) mass is 574 g/mol. The molecule has 0 aliphatic carbocycles. The normalized spacial score (nSPS) is 13.6. The second-order valence-corrected chi connectivity index (χ2v) is 9.60. The number of unbranched alkanes of at least 4 members (excludes halogenated alkanes) is 1. The van der Waals surface area contributed by atoms with Crippen LogP contribution in [0.4, 0.5) is 18.9 Å². The van der Waals surface area contributed by atoms with Crippen molar-refractivity contribution in [2.75, 3.05) is 18.5 Å². The van der Waals surface area contributed by atoms with Gasteiger partial charge in [0.2, 0.25) is 0 Å². The predicted octanol–water partition coefficient (Wildman–Crippen LogP) is 5.73. The van der Waals surface area contributed by atoms with Gasteiger partial charge in [0.15, 0.2) is 5.84 Å². The first kappa shape index (κ1) is 29.0. The van der Waals surface area contributed by atoms with Gasteiger partial charge in [-0.25, -0.2) is 5.53 Å². The van der Waals surface area contributed by atoms with Crippen LogP contribution in [0.3, 0.4) is 0 Å². The van der Waals surface area contributed by atoms with E-state index in [2.05, 4.69) is 39.2 Å². The molecule has 212 valence electrons. The van der Waals surface area contributed by atoms with Crippen LogP contribution in [-0.2, 0) is 6.18 Å². The predicted molar refractivity (Wildman–Crippen MR) is 150 cm³/mol. The highest BCUT2D eigenvalue weighted by Crippen LogP contribution is 2.34. The average molecular weight is 575 g/mol. The number of rotatable bonds is 12. The molecule has 12 heteroatoms. The fraction of sp³-hybridized carbons (Fsp3) is 0.286. The molecular weight excluding hydrogens is 545 g/mol. The minimum atomic E-state index is -4.39. The van der Waals surface area contributed by atoms with E-state index in [1.807, 2.05) is 12.1 Å². The van der Waals surface area contributed by atoms with Crippen LogP contribution in [0.25, 0.3) is 11.1 Å². The molecule has 1 amide bonds. The van der Waals surface area contributed by atoms with Crippen molar-refractivity contribution >= 4 is 29.0 Å². The number of alkyl halides is 3. The van der Waals surface area contributed by atoms with Crippen LogP contribution in [0.2, 0.25) is 5.02 Å². The van der Waals surface area contributed by atoms with Crippen molar-refractivity contribution in [1.82, 2.24) is 21.8 Å². The van der Waals surface area contributed by atoms with Gasteiger partial charge >= 0.3 is 6.18 Å². The number of carbonyl (C=O) groups excluding carboxylic acids is 1. The van der Waals surface area contributed by atoms with Crippen LogP contribution in [0, 0.1) is 0 Å². The van der Waals surface area contributed by atoms with Crippen molar-refractivity contribution in [1.29, 1.82) is 0 Å². The third-order valence-corrected chi connectivity index (χ3v) is 6.52. The Labute approximate surface area is 235 Å². The Morgan fingerprint density at radius 2 is 1.82 bits per heavy atom. The van der Waals surface area contributed by atoms with Crippen LogP contribution in [0.5, 0.6) is 5.75 Å². The van der Waals surface area contributed by atoms with Crippen molar-refractivity contribution in [3.63, 3.8) is 0 Å². The fourth-order valence-electron chi connectivity index (χ4n) is 4.03. The molecule has 0 spiro atoms. The number of nitrogens with zero attached hydrogens (tertiary/aromatic N) is 1. The second-order valence-electron chi connectivity index (χ2n) is 9.19. The van der Waals surface area contributed by atoms with Crippen LogP contribution in [0.1, 0.15) is 42.1 Å². The largest absolute Gasteiger partial charge is 0.491 e. The zero-order valence-electron chi connectivity index (χ0n) is 21.7. The number of halogens is 4. The van der Waals surface area contributed by atoms with Gasteiger partial charge in [-0.3, -0.25) is 10.2 Å². The number of nitrogens with one attached hydrogen (secondary N) is 5. The molecule has 1 aliphatic rings. The first-order chi connectivity index (χ1) is 19.2. The number of hydrogen-bond donors (Lipinski definition) is 5. The Bertz CT molecular complexity index is 1320. The molecule has 3 aromatic rings. The number of benzene rings is 3. The molecule has 4 rings (SSSR count). The van der Waals surface area contributed by atoms with E-state index < -0.39 is 11.7 Å². The Morgan fingerprint density at radius 1 is 1.07 bits per heavy atom. The summed E-state index contributed by atoms with van der Waals surface area (Å²) in [6.45, 7) is 2.74. The molecule has 0 fully saturated rings. The summed E-state index contributed by atoms with van der Waals surface area (Å²) in [6.07, 6.45) is -1.50. The number of ether oxygens (including phenoxy) is 1. The van der Waals surface area contributed by atoms with Gasteiger partial charge in [-0.2, -0.15) is 13.2 Å². The molecule has 8 nitrogen and oxygen atoms in total. The zero-order chi connectivity index (χ0) is 28.5. The molecule has 0 saturated carbocycles. The van der Waals surface area contributed by atoms with Gasteiger partial charge in [-0.05, 0) is 66.6 Å². The Hall–Kier alpha value is -3.96. The molecule has 3 aromatic carbocycles. The SMILES string of the molecule is CCCC[C@@H](COc1ccc(-c2ccc(C(F)(F)F)cc2)c(Cl)c1)Nc1ccc(C(=O)NCC2=NNNN2)cc1. The lowest BCUT2D eigenvalue weighted by Crippen LogP contribution is -2.40. The molecule has 0 radical (unpaired) electrons. The number of hydrazone groups is 1. The molecule has 5 N–H and O–H groups in total. The van der Waals surface area contributed by atoms with Crippen molar-refractivity contribution in [3.8, 4) is 16.9 Å². The van der Waals surface area contributed by atoms with Crippen molar-refractivity contribution in [3.05, 3.63) is 82.9 Å². The zero-order valence-corrected chi connectivity index (χ0v) is 22.5. The highest BCUT2D eigenvalue weighted by atomic mass is 35.5. The lowest BCUT2D eigenvalue weighted by molar-refractivity contribution is -0.137. The summed E-state index contributed by atoms with van der Waals surface area (Å²) in [6, 6.07) is 17.2. The molecule has 1 atom stereocenters. The minimum absolute atomic E-state index is 0.000515. The maximum atomic E-state index is 12.9. The number of hydrogen-bond acceptors (Lipinski definition) is 7. The Balaban J connectivity index is 1.34. The lowest BCUT2D eigenvalue weighted by atomic mass is 10.0. The Morgan fingerprint density at radius 3 is 2.45 bits per heavy atom. The van der Waals surface area contributed by atoms with Crippen molar-refractivity contribution < 1.29 is 22.7 Å². The Kier molecular flexibility index (Phi) is 9.73. The van der Waals surface area contributed by atoms with E-state index in [4.69, 9.17) is 16.3 Å². The van der Waals surface area contributed by atoms with E-state index in [1.165, 1.54) is 12.1 Å². The van der Waals surface area contributed by atoms with Gasteiger partial charge in [0.05, 0.1) is 23.2 Å². The minimum Gasteiger partial charge on any atom is -0.491 e. The highest BCUT2D eigenvalue weighted by molar-refractivity contribution is 6.33. The maximum Gasteiger partial charge on any atom is 0.416 e. The first-order valence-corrected chi connectivity index (χ1v) is 13.2. The second kappa shape index (κ2) is 13.4. The van der Waals surface area contributed by atoms with Crippen LogP contribution < -0.4 is 31.9 Å². The standard InChI is InChI=1S/C28H30ClF3N6O2/c1-2-3-4-22(34-21-11-7-19(8-12-21)27(39)33-16-26-35-37-38-36-26)17-40-23-13-14-24(25(29)15-23)18-5-9-20(10-6-18)28(30,31)32/h5-15,22,34,37-38H,2-4,16-17H2,1H3,(H,33,39)(H,35,36)/t22-/m0/s1. The summed E-state index contributed by atoms with van der Waals surface area (Å²) in [5.41, 5.74) is 9.77. The summed E-state index contributed by atoms with van der Waals surface area (Å²) in [5.74, 6) is 0.911. The third kappa shape index (κ3) is 8.03. The van der Waals surface area contributed by atoms with Crippen LogP contribution >= 0.6 is 11.6 Å². The molecule has 0 unspecified atom stereocenters. The molecule has 0 bridgehead atoms. The molecule has 1 heterocycles. The summed E-state index contributed by atoms with van der Waals surface area (Å²) in [5, 5.41) is 10.5. The summed E-state index contributed by atoms with van der Waals surface area (Å²) in [7, 11) is 0. The summed E-state index contributed by atoms with van der Waals surface area (Å²) < 4.78 is 44.6. The van der Waals surface area contributed by atoms with Gasteiger partial charge in [-0.1, -0.05) is 43.5 Å². The van der Waals surface area contributed by atoms with E-state index in [0.29, 0.717) is 39.9 Å².